The van der Waals surface area contributed by atoms with Gasteiger partial charge in [-0.25, -0.2) is 9.64 Å². The number of benzene rings is 1. The summed E-state index contributed by atoms with van der Waals surface area (Å²) >= 11 is 0. The van der Waals surface area contributed by atoms with Crippen LogP contribution in [-0.2, 0) is 4.74 Å². The van der Waals surface area contributed by atoms with E-state index in [-0.39, 0.29) is 0 Å². The molecule has 5 nitrogen and oxygen atoms in total. The molecule has 5 heteroatoms. The van der Waals surface area contributed by atoms with E-state index in [2.05, 4.69) is 21.0 Å². The van der Waals surface area contributed by atoms with Gasteiger partial charge < -0.3 is 10.1 Å². The summed E-state index contributed by atoms with van der Waals surface area (Å²) in [5.41, 5.74) is 1.17. The van der Waals surface area contributed by atoms with Crippen molar-refractivity contribution in [3.8, 4) is 6.07 Å². The fraction of sp³-hybridized carbons (Fsp3) is 0.308. The molecule has 92 valence electrons. The number of carbonyl (C=O) groups is 1. The third kappa shape index (κ3) is 3.50. The first-order chi connectivity index (χ1) is 8.72. The average molecular weight is 243 g/mol. The number of ether oxygens (including phenoxy) is 1. The SMILES string of the molecule is [C-]#[N+]c1ccccc1C(C#N)CCNC(=O)OC. The first-order valence-electron chi connectivity index (χ1n) is 5.40. The van der Waals surface area contributed by atoms with E-state index < -0.39 is 12.0 Å². The van der Waals surface area contributed by atoms with Crippen molar-refractivity contribution in [3.63, 3.8) is 0 Å². The smallest absolute Gasteiger partial charge is 0.406 e. The highest BCUT2D eigenvalue weighted by atomic mass is 16.5. The maximum absolute atomic E-state index is 10.9. The zero-order chi connectivity index (χ0) is 13.4. The van der Waals surface area contributed by atoms with Crippen LogP contribution in [0.25, 0.3) is 4.85 Å². The molecule has 0 aliphatic rings. The van der Waals surface area contributed by atoms with E-state index in [9.17, 15) is 4.79 Å². The Kier molecular flexibility index (Phi) is 5.21. The number of hydrogen-bond donors (Lipinski definition) is 1. The summed E-state index contributed by atoms with van der Waals surface area (Å²) in [6, 6.07) is 9.15. The van der Waals surface area contributed by atoms with Crippen molar-refractivity contribution in [1.82, 2.24) is 5.32 Å². The molecule has 0 saturated carbocycles. The number of methoxy groups -OCH3 is 1. The molecule has 0 aliphatic carbocycles. The second-order valence-electron chi connectivity index (χ2n) is 3.56. The Morgan fingerprint density at radius 3 is 2.94 bits per heavy atom. The highest BCUT2D eigenvalue weighted by Crippen LogP contribution is 2.28. The normalized spacial score (nSPS) is 10.8. The molecule has 0 heterocycles. The number of carbonyl (C=O) groups excluding carboxylic acids is 1. The lowest BCUT2D eigenvalue weighted by Crippen LogP contribution is -2.25. The Hall–Kier alpha value is -2.53. The van der Waals surface area contributed by atoms with Crippen LogP contribution >= 0.6 is 0 Å². The molecule has 1 aromatic carbocycles. The third-order valence-corrected chi connectivity index (χ3v) is 2.48. The first kappa shape index (κ1) is 13.5. The predicted octanol–water partition coefficient (Wildman–Crippen LogP) is 2.59. The molecule has 0 aliphatic heterocycles. The highest BCUT2D eigenvalue weighted by molar-refractivity contribution is 5.66. The van der Waals surface area contributed by atoms with Gasteiger partial charge >= 0.3 is 6.09 Å². The molecule has 1 aromatic rings. The maximum Gasteiger partial charge on any atom is 0.406 e. The number of nitrogens with zero attached hydrogens (tertiary/aromatic N) is 2. The van der Waals surface area contributed by atoms with Crippen LogP contribution in [0.5, 0.6) is 0 Å². The van der Waals surface area contributed by atoms with E-state index in [0.717, 1.165) is 0 Å². The van der Waals surface area contributed by atoms with Gasteiger partial charge in [0.2, 0.25) is 0 Å². The van der Waals surface area contributed by atoms with Crippen molar-refractivity contribution in [3.05, 3.63) is 41.2 Å². The fourth-order valence-electron chi connectivity index (χ4n) is 1.56. The molecule has 0 spiro atoms. The van der Waals surface area contributed by atoms with Gasteiger partial charge in [-0.05, 0) is 12.0 Å². The number of nitrogens with one attached hydrogen (secondary N) is 1. The number of amides is 1. The van der Waals surface area contributed by atoms with Gasteiger partial charge in [0.15, 0.2) is 5.69 Å². The Labute approximate surface area is 106 Å². The van der Waals surface area contributed by atoms with Crippen molar-refractivity contribution < 1.29 is 9.53 Å². The Balaban J connectivity index is 2.70. The van der Waals surface area contributed by atoms with Crippen molar-refractivity contribution in [2.75, 3.05) is 13.7 Å². The summed E-state index contributed by atoms with van der Waals surface area (Å²) in [6.45, 7) is 7.38. The van der Waals surface area contributed by atoms with Crippen molar-refractivity contribution >= 4 is 11.8 Å². The lowest BCUT2D eigenvalue weighted by Gasteiger charge is -2.11. The van der Waals surface area contributed by atoms with Gasteiger partial charge in [-0.2, -0.15) is 5.26 Å². The summed E-state index contributed by atoms with van der Waals surface area (Å²) in [5.74, 6) is -0.410. The van der Waals surface area contributed by atoms with E-state index in [1.165, 1.54) is 7.11 Å². The second kappa shape index (κ2) is 6.93. The third-order valence-electron chi connectivity index (χ3n) is 2.48. The van der Waals surface area contributed by atoms with Gasteiger partial charge in [-0.1, -0.05) is 24.3 Å². The topological polar surface area (TPSA) is 66.5 Å². The summed E-state index contributed by atoms with van der Waals surface area (Å²) < 4.78 is 4.43. The summed E-state index contributed by atoms with van der Waals surface area (Å²) in [5, 5.41) is 11.6. The molecule has 1 rings (SSSR count). The summed E-state index contributed by atoms with van der Waals surface area (Å²) in [6.07, 6.45) is -0.0804. The maximum atomic E-state index is 10.9. The summed E-state index contributed by atoms with van der Waals surface area (Å²) in [7, 11) is 1.28. The lowest BCUT2D eigenvalue weighted by atomic mass is 9.95. The van der Waals surface area contributed by atoms with Crippen LogP contribution in [0.15, 0.2) is 24.3 Å². The van der Waals surface area contributed by atoms with Crippen LogP contribution in [0.4, 0.5) is 10.5 Å². The van der Waals surface area contributed by atoms with Crippen LogP contribution in [0.3, 0.4) is 0 Å². The minimum absolute atomic E-state index is 0.331. The van der Waals surface area contributed by atoms with Crippen LogP contribution < -0.4 is 5.32 Å². The molecule has 1 amide bonds. The monoisotopic (exact) mass is 243 g/mol. The molecule has 0 fully saturated rings. The minimum atomic E-state index is -0.523. The largest absolute Gasteiger partial charge is 0.453 e. The quantitative estimate of drug-likeness (QED) is 0.826. The van der Waals surface area contributed by atoms with E-state index in [1.54, 1.807) is 24.3 Å². The van der Waals surface area contributed by atoms with Crippen LogP contribution in [-0.4, -0.2) is 19.7 Å². The van der Waals surface area contributed by atoms with Gasteiger partial charge in [0, 0.05) is 6.54 Å². The van der Waals surface area contributed by atoms with E-state index in [0.29, 0.717) is 24.2 Å². The van der Waals surface area contributed by atoms with Crippen LogP contribution in [0.2, 0.25) is 0 Å². The Morgan fingerprint density at radius 1 is 1.61 bits per heavy atom. The number of hydrogen-bond acceptors (Lipinski definition) is 3. The van der Waals surface area contributed by atoms with Crippen molar-refractivity contribution in [2.24, 2.45) is 0 Å². The molecule has 1 atom stereocenters. The molecule has 0 saturated heterocycles. The molecule has 1 unspecified atom stereocenters. The molecular weight excluding hydrogens is 230 g/mol. The number of alkyl carbamates (subject to hydrolysis) is 1. The van der Waals surface area contributed by atoms with E-state index in [1.807, 2.05) is 0 Å². The highest BCUT2D eigenvalue weighted by Gasteiger charge is 2.14. The second-order valence-corrected chi connectivity index (χ2v) is 3.56. The van der Waals surface area contributed by atoms with Crippen LogP contribution in [0, 0.1) is 17.9 Å². The molecule has 18 heavy (non-hydrogen) atoms. The number of nitriles is 1. The van der Waals surface area contributed by atoms with Crippen molar-refractivity contribution in [2.45, 2.75) is 12.3 Å². The van der Waals surface area contributed by atoms with E-state index in [4.69, 9.17) is 11.8 Å². The van der Waals surface area contributed by atoms with Crippen LogP contribution in [0.1, 0.15) is 17.9 Å². The predicted molar refractivity (Wildman–Crippen MR) is 66.1 cm³/mol. The zero-order valence-corrected chi connectivity index (χ0v) is 10.0. The van der Waals surface area contributed by atoms with E-state index >= 15 is 0 Å². The summed E-state index contributed by atoms with van der Waals surface area (Å²) in [4.78, 5) is 14.3. The van der Waals surface area contributed by atoms with Gasteiger partial charge in [0.25, 0.3) is 0 Å². The lowest BCUT2D eigenvalue weighted by molar-refractivity contribution is 0.171. The Morgan fingerprint density at radius 2 is 2.33 bits per heavy atom. The van der Waals surface area contributed by atoms with Crippen molar-refractivity contribution in [1.29, 1.82) is 5.26 Å². The molecule has 0 aromatic heterocycles. The van der Waals surface area contributed by atoms with Gasteiger partial charge in [0.1, 0.15) is 0 Å². The van der Waals surface area contributed by atoms with Gasteiger partial charge in [0.05, 0.1) is 25.7 Å². The fourth-order valence-corrected chi connectivity index (χ4v) is 1.56. The number of para-hydroxylation sites is 1. The average Bonchev–Trinajstić information content (AvgIpc) is 2.43. The number of rotatable bonds is 4. The molecule has 0 radical (unpaired) electrons. The zero-order valence-electron chi connectivity index (χ0n) is 10.0. The minimum Gasteiger partial charge on any atom is -0.453 e. The van der Waals surface area contributed by atoms with Gasteiger partial charge in [-0.3, -0.25) is 0 Å². The Bertz CT molecular complexity index is 500. The first-order valence-corrected chi connectivity index (χ1v) is 5.40. The van der Waals surface area contributed by atoms with Gasteiger partial charge in [-0.15, -0.1) is 0 Å². The molecule has 1 N–H and O–H groups in total. The molecular formula is C13H13N3O2. The standard InChI is InChI=1S/C13H13N3O2/c1-15-12-6-4-3-5-11(12)10(9-14)7-8-16-13(17)18-2/h3-6,10H,7-8H2,2H3,(H,16,17). The molecule has 0 bridgehead atoms.